The van der Waals surface area contributed by atoms with Gasteiger partial charge >= 0.3 is 6.09 Å². The molecule has 0 bridgehead atoms. The first-order chi connectivity index (χ1) is 4.84. The molecule has 0 aromatic carbocycles. The monoisotopic (exact) mass is 173 g/mol. The molecule has 0 saturated heterocycles. The summed E-state index contributed by atoms with van der Waals surface area (Å²) in [7, 11) is 1.35. The second-order valence-corrected chi connectivity index (χ2v) is 1.75. The number of halogens is 1. The lowest BCUT2D eigenvalue weighted by molar-refractivity contribution is -0.585. The Balaban J connectivity index is 0.000001000. The van der Waals surface area contributed by atoms with Crippen molar-refractivity contribution in [3.63, 3.8) is 0 Å². The first-order valence-electron chi connectivity index (χ1n) is 2.89. The van der Waals surface area contributed by atoms with Crippen molar-refractivity contribution in [3.05, 3.63) is 30.6 Å². The molecular weight excluding hydrogens is 166 g/mol. The summed E-state index contributed by atoms with van der Waals surface area (Å²) in [5, 5.41) is 0. The zero-order valence-electron chi connectivity index (χ0n) is 6.03. The average Bonchev–Trinajstić information content (AvgIpc) is 2.05. The largest absolute Gasteiger partial charge is 1.00 e. The maximum Gasteiger partial charge on any atom is 0.601 e. The summed E-state index contributed by atoms with van der Waals surface area (Å²) >= 11 is 0. The molecular formula is C7H8ClNO2. The van der Waals surface area contributed by atoms with Gasteiger partial charge in [0.15, 0.2) is 12.4 Å². The minimum absolute atomic E-state index is 0. The molecule has 0 aliphatic rings. The number of aromatic nitrogens is 1. The number of hydrogen-bond acceptors (Lipinski definition) is 2. The number of pyridine rings is 1. The molecule has 0 amide bonds. The Bertz CT molecular complexity index is 225. The van der Waals surface area contributed by atoms with Gasteiger partial charge < -0.3 is 17.1 Å². The molecule has 11 heavy (non-hydrogen) atoms. The second kappa shape index (κ2) is 4.68. The van der Waals surface area contributed by atoms with E-state index in [1.807, 2.05) is 6.07 Å². The Hall–Kier alpha value is -1.09. The van der Waals surface area contributed by atoms with E-state index in [9.17, 15) is 4.79 Å². The van der Waals surface area contributed by atoms with Crippen molar-refractivity contribution in [1.29, 1.82) is 0 Å². The molecule has 3 nitrogen and oxygen atoms in total. The zero-order valence-corrected chi connectivity index (χ0v) is 6.78. The molecule has 1 heterocycles. The maximum atomic E-state index is 10.8. The van der Waals surface area contributed by atoms with Crippen LogP contribution in [0.1, 0.15) is 0 Å². The third-order valence-corrected chi connectivity index (χ3v) is 1.10. The standard InChI is InChI=1S/C7H8NO2.ClH/c1-10-7(9)8-5-3-2-4-6-8;/h2-6H,1H3;1H/q+1;/p-1. The Kier molecular flexibility index (Phi) is 4.22. The number of methoxy groups -OCH3 is 1. The second-order valence-electron chi connectivity index (χ2n) is 1.75. The van der Waals surface area contributed by atoms with Crippen LogP contribution < -0.4 is 17.0 Å². The van der Waals surface area contributed by atoms with Crippen LogP contribution in [0.5, 0.6) is 0 Å². The van der Waals surface area contributed by atoms with Crippen molar-refractivity contribution in [2.45, 2.75) is 0 Å². The normalized spacial score (nSPS) is 8.09. The van der Waals surface area contributed by atoms with E-state index >= 15 is 0 Å². The van der Waals surface area contributed by atoms with Gasteiger partial charge in [-0.15, -0.1) is 0 Å². The smallest absolute Gasteiger partial charge is 0.601 e. The Morgan fingerprint density at radius 1 is 1.27 bits per heavy atom. The molecule has 0 aliphatic heterocycles. The lowest BCUT2D eigenvalue weighted by Crippen LogP contribution is -3.00. The van der Waals surface area contributed by atoms with E-state index in [2.05, 4.69) is 4.74 Å². The zero-order chi connectivity index (χ0) is 7.40. The molecule has 0 spiro atoms. The number of hydrogen-bond donors (Lipinski definition) is 0. The number of nitrogens with zero attached hydrogens (tertiary/aromatic N) is 1. The predicted octanol–water partition coefficient (Wildman–Crippen LogP) is -2.41. The highest BCUT2D eigenvalue weighted by Crippen LogP contribution is 1.77. The highest BCUT2D eigenvalue weighted by molar-refractivity contribution is 5.56. The Labute approximate surface area is 71.0 Å². The van der Waals surface area contributed by atoms with Crippen LogP contribution in [0.2, 0.25) is 0 Å². The lowest BCUT2D eigenvalue weighted by atomic mass is 10.5. The summed E-state index contributed by atoms with van der Waals surface area (Å²) in [6.07, 6.45) is 2.89. The van der Waals surface area contributed by atoms with Crippen LogP contribution in [0, 0.1) is 0 Å². The fourth-order valence-electron chi connectivity index (χ4n) is 0.626. The van der Waals surface area contributed by atoms with Crippen molar-refractivity contribution in [1.82, 2.24) is 0 Å². The van der Waals surface area contributed by atoms with E-state index in [1.165, 1.54) is 11.7 Å². The van der Waals surface area contributed by atoms with Gasteiger partial charge in [0, 0.05) is 12.1 Å². The number of ether oxygens (including phenoxy) is 1. The summed E-state index contributed by atoms with van der Waals surface area (Å²) < 4.78 is 5.82. The molecule has 0 N–H and O–H groups in total. The molecule has 4 heteroatoms. The fraction of sp³-hybridized carbons (Fsp3) is 0.143. The highest BCUT2D eigenvalue weighted by atomic mass is 35.5. The van der Waals surface area contributed by atoms with Gasteiger partial charge in [0.25, 0.3) is 0 Å². The molecule has 0 saturated carbocycles. The van der Waals surface area contributed by atoms with E-state index in [1.54, 1.807) is 24.5 Å². The molecule has 1 aromatic rings. The van der Waals surface area contributed by atoms with Crippen LogP contribution in [-0.4, -0.2) is 13.2 Å². The molecule has 1 rings (SSSR count). The van der Waals surface area contributed by atoms with E-state index in [0.717, 1.165) is 0 Å². The minimum atomic E-state index is -0.374. The summed E-state index contributed by atoms with van der Waals surface area (Å²) in [5.41, 5.74) is 0. The SMILES string of the molecule is COC(=O)[n+]1ccccc1.[Cl-]. The van der Waals surface area contributed by atoms with Gasteiger partial charge in [-0.2, -0.15) is 4.79 Å². The maximum absolute atomic E-state index is 10.8. The van der Waals surface area contributed by atoms with E-state index in [4.69, 9.17) is 0 Å². The number of carbonyl (C=O) groups is 1. The summed E-state index contributed by atoms with van der Waals surface area (Å²) in [6.45, 7) is 0. The van der Waals surface area contributed by atoms with Crippen LogP contribution >= 0.6 is 0 Å². The first-order valence-corrected chi connectivity index (χ1v) is 2.89. The Morgan fingerprint density at radius 3 is 2.27 bits per heavy atom. The molecule has 0 fully saturated rings. The van der Waals surface area contributed by atoms with Gasteiger partial charge in [-0.25, -0.2) is 0 Å². The summed E-state index contributed by atoms with van der Waals surface area (Å²) in [4.78, 5) is 10.8. The van der Waals surface area contributed by atoms with Crippen LogP contribution in [-0.2, 0) is 4.74 Å². The molecule has 0 atom stereocenters. The molecule has 0 radical (unpaired) electrons. The van der Waals surface area contributed by atoms with Gasteiger partial charge in [0.05, 0.1) is 7.11 Å². The van der Waals surface area contributed by atoms with E-state index in [0.29, 0.717) is 0 Å². The molecule has 60 valence electrons. The van der Waals surface area contributed by atoms with Crippen molar-refractivity contribution in [3.8, 4) is 0 Å². The van der Waals surface area contributed by atoms with Crippen molar-refractivity contribution in [2.75, 3.05) is 7.11 Å². The van der Waals surface area contributed by atoms with Crippen LogP contribution in [0.4, 0.5) is 4.79 Å². The Morgan fingerprint density at radius 2 is 1.82 bits per heavy atom. The highest BCUT2D eigenvalue weighted by Gasteiger charge is 2.10. The minimum Gasteiger partial charge on any atom is -1.00 e. The van der Waals surface area contributed by atoms with Crippen molar-refractivity contribution in [2.24, 2.45) is 0 Å². The van der Waals surface area contributed by atoms with Gasteiger partial charge in [0.2, 0.25) is 0 Å². The van der Waals surface area contributed by atoms with Crippen LogP contribution in [0.3, 0.4) is 0 Å². The van der Waals surface area contributed by atoms with E-state index in [-0.39, 0.29) is 18.5 Å². The lowest BCUT2D eigenvalue weighted by Gasteiger charge is -1.88. The number of rotatable bonds is 0. The van der Waals surface area contributed by atoms with Crippen LogP contribution in [0.15, 0.2) is 30.6 Å². The third kappa shape index (κ3) is 2.55. The van der Waals surface area contributed by atoms with Crippen molar-refractivity contribution < 1.29 is 26.5 Å². The fourth-order valence-corrected chi connectivity index (χ4v) is 0.626. The first kappa shape index (κ1) is 9.91. The molecule has 1 aromatic heterocycles. The predicted molar refractivity (Wildman–Crippen MR) is 34.4 cm³/mol. The summed E-state index contributed by atoms with van der Waals surface area (Å²) in [6, 6.07) is 5.35. The van der Waals surface area contributed by atoms with E-state index < -0.39 is 0 Å². The quantitative estimate of drug-likeness (QED) is 0.410. The molecule has 0 aliphatic carbocycles. The van der Waals surface area contributed by atoms with Gasteiger partial charge in [-0.3, -0.25) is 0 Å². The van der Waals surface area contributed by atoms with Crippen molar-refractivity contribution >= 4 is 6.09 Å². The number of carbonyl (C=O) groups excluding carboxylic acids is 1. The van der Waals surface area contributed by atoms with Gasteiger partial charge in [-0.05, 0) is 0 Å². The van der Waals surface area contributed by atoms with Crippen LogP contribution in [0.25, 0.3) is 0 Å². The van der Waals surface area contributed by atoms with Gasteiger partial charge in [0.1, 0.15) is 0 Å². The topological polar surface area (TPSA) is 30.2 Å². The average molecular weight is 174 g/mol. The van der Waals surface area contributed by atoms with Gasteiger partial charge in [-0.1, -0.05) is 10.6 Å². The molecule has 0 unspecified atom stereocenters. The summed E-state index contributed by atoms with van der Waals surface area (Å²) in [5.74, 6) is 0. The third-order valence-electron chi connectivity index (χ3n) is 1.10.